The zero-order valence-electron chi connectivity index (χ0n) is 18.1. The Balaban J connectivity index is 1.83. The van der Waals surface area contributed by atoms with Gasteiger partial charge in [0.15, 0.2) is 0 Å². The van der Waals surface area contributed by atoms with E-state index in [-0.39, 0.29) is 12.0 Å². The van der Waals surface area contributed by atoms with Gasteiger partial charge < -0.3 is 9.30 Å². The smallest absolute Gasteiger partial charge is 0.147 e. The number of ether oxygens (including phenoxy) is 1. The summed E-state index contributed by atoms with van der Waals surface area (Å²) in [6.45, 7) is 4.26. The van der Waals surface area contributed by atoms with E-state index in [0.29, 0.717) is 6.16 Å². The van der Waals surface area contributed by atoms with E-state index in [1.54, 1.807) is 7.11 Å². The van der Waals surface area contributed by atoms with Gasteiger partial charge >= 0.3 is 0 Å². The van der Waals surface area contributed by atoms with Crippen LogP contribution >= 0.6 is 7.14 Å². The molecule has 0 unspecified atom stereocenters. The third kappa shape index (κ3) is 5.59. The topological polar surface area (TPSA) is 26.3 Å². The van der Waals surface area contributed by atoms with E-state index in [1.807, 2.05) is 66.7 Å². The lowest BCUT2D eigenvalue weighted by molar-refractivity contribution is 0.0744. The van der Waals surface area contributed by atoms with Gasteiger partial charge in [-0.3, -0.25) is 0 Å². The average Bonchev–Trinajstić information content (AvgIpc) is 2.79. The molecule has 3 aromatic carbocycles. The van der Waals surface area contributed by atoms with Gasteiger partial charge in [0.1, 0.15) is 7.14 Å². The third-order valence-corrected chi connectivity index (χ3v) is 8.74. The van der Waals surface area contributed by atoms with Gasteiger partial charge in [0.2, 0.25) is 0 Å². The molecule has 0 saturated heterocycles. The summed E-state index contributed by atoms with van der Waals surface area (Å²) in [5.74, 6) is 0.218. The number of hydrogen-bond acceptors (Lipinski definition) is 2. The predicted octanol–water partition coefficient (Wildman–Crippen LogP) is 5.84. The zero-order valence-corrected chi connectivity index (χ0v) is 19.0. The SMILES string of the molecule is CO[C@@H](Cc1ccccc1)[C@@H](C)/C=C(\C)CP(=O)(c1ccccc1)c1ccccc1. The van der Waals surface area contributed by atoms with Crippen molar-refractivity contribution in [2.45, 2.75) is 26.4 Å². The summed E-state index contributed by atoms with van der Waals surface area (Å²) >= 11 is 0. The van der Waals surface area contributed by atoms with E-state index in [0.717, 1.165) is 22.6 Å². The van der Waals surface area contributed by atoms with Crippen molar-refractivity contribution in [1.29, 1.82) is 0 Å². The lowest BCUT2D eigenvalue weighted by Gasteiger charge is -2.23. The molecule has 30 heavy (non-hydrogen) atoms. The van der Waals surface area contributed by atoms with Crippen molar-refractivity contribution in [2.75, 3.05) is 13.3 Å². The maximum absolute atomic E-state index is 14.3. The van der Waals surface area contributed by atoms with Crippen molar-refractivity contribution in [2.24, 2.45) is 5.92 Å². The van der Waals surface area contributed by atoms with Crippen LogP contribution in [0.5, 0.6) is 0 Å². The normalized spacial score (nSPS) is 14.3. The molecule has 2 nitrogen and oxygen atoms in total. The highest BCUT2D eigenvalue weighted by atomic mass is 31.2. The van der Waals surface area contributed by atoms with E-state index in [9.17, 15) is 4.57 Å². The lowest BCUT2D eigenvalue weighted by atomic mass is 9.96. The third-order valence-electron chi connectivity index (χ3n) is 5.53. The summed E-state index contributed by atoms with van der Waals surface area (Å²) in [7, 11) is -0.981. The van der Waals surface area contributed by atoms with Crippen molar-refractivity contribution in [3.8, 4) is 0 Å². The van der Waals surface area contributed by atoms with E-state index in [2.05, 4.69) is 44.2 Å². The Morgan fingerprint density at radius 3 is 1.80 bits per heavy atom. The van der Waals surface area contributed by atoms with Gasteiger partial charge in [0.25, 0.3) is 0 Å². The molecule has 3 aromatic rings. The molecule has 0 saturated carbocycles. The van der Waals surface area contributed by atoms with Gasteiger partial charge in [-0.25, -0.2) is 0 Å². The Morgan fingerprint density at radius 2 is 1.33 bits per heavy atom. The molecular formula is C27H31O2P. The number of benzene rings is 3. The first-order chi connectivity index (χ1) is 14.5. The Labute approximate surface area is 181 Å². The molecule has 0 spiro atoms. The van der Waals surface area contributed by atoms with Crippen LogP contribution in [0.25, 0.3) is 0 Å². The first-order valence-electron chi connectivity index (χ1n) is 10.5. The predicted molar refractivity (Wildman–Crippen MR) is 128 cm³/mol. The second-order valence-corrected chi connectivity index (χ2v) is 10.7. The summed E-state index contributed by atoms with van der Waals surface area (Å²) in [4.78, 5) is 0. The summed E-state index contributed by atoms with van der Waals surface area (Å²) in [6, 6.07) is 30.2. The van der Waals surface area contributed by atoms with Crippen LogP contribution in [0.15, 0.2) is 103 Å². The van der Waals surface area contributed by atoms with Crippen molar-refractivity contribution >= 4 is 17.8 Å². The fourth-order valence-corrected chi connectivity index (χ4v) is 6.74. The van der Waals surface area contributed by atoms with Gasteiger partial charge in [-0.05, 0) is 18.9 Å². The number of hydrogen-bond donors (Lipinski definition) is 0. The van der Waals surface area contributed by atoms with E-state index in [1.165, 1.54) is 5.56 Å². The molecule has 3 rings (SSSR count). The van der Waals surface area contributed by atoms with Crippen LogP contribution in [0.3, 0.4) is 0 Å². The molecule has 0 heterocycles. The molecule has 2 atom stereocenters. The van der Waals surface area contributed by atoms with Crippen LogP contribution in [-0.2, 0) is 15.7 Å². The van der Waals surface area contributed by atoms with Crippen molar-refractivity contribution in [3.63, 3.8) is 0 Å². The second-order valence-electron chi connectivity index (χ2n) is 7.90. The highest BCUT2D eigenvalue weighted by Gasteiger charge is 2.27. The largest absolute Gasteiger partial charge is 0.381 e. The van der Waals surface area contributed by atoms with E-state index >= 15 is 0 Å². The van der Waals surface area contributed by atoms with Crippen LogP contribution in [0.2, 0.25) is 0 Å². The Hall–Kier alpha value is -2.41. The van der Waals surface area contributed by atoms with Crippen molar-refractivity contribution in [3.05, 3.63) is 108 Å². The molecule has 0 aliphatic heterocycles. The molecule has 0 aliphatic carbocycles. The lowest BCUT2D eigenvalue weighted by Crippen LogP contribution is -2.23. The van der Waals surface area contributed by atoms with Crippen LogP contribution < -0.4 is 10.6 Å². The minimum absolute atomic E-state index is 0.0789. The molecule has 0 aromatic heterocycles. The van der Waals surface area contributed by atoms with Gasteiger partial charge in [-0.1, -0.05) is 110 Å². The summed E-state index contributed by atoms with van der Waals surface area (Å²) in [6.07, 6.45) is 3.70. The summed E-state index contributed by atoms with van der Waals surface area (Å²) in [5.41, 5.74) is 2.40. The second kappa shape index (κ2) is 10.6. The molecule has 0 bridgehead atoms. The van der Waals surface area contributed by atoms with E-state index in [4.69, 9.17) is 4.74 Å². The summed E-state index contributed by atoms with van der Waals surface area (Å²) in [5, 5.41) is 1.81. The van der Waals surface area contributed by atoms with Gasteiger partial charge in [0.05, 0.1) is 6.10 Å². The minimum Gasteiger partial charge on any atom is -0.381 e. The van der Waals surface area contributed by atoms with Gasteiger partial charge in [-0.15, -0.1) is 0 Å². The van der Waals surface area contributed by atoms with Crippen LogP contribution in [0, 0.1) is 5.92 Å². The van der Waals surface area contributed by atoms with Crippen LogP contribution in [0.4, 0.5) is 0 Å². The quantitative estimate of drug-likeness (QED) is 0.322. The first-order valence-corrected chi connectivity index (χ1v) is 12.4. The molecular weight excluding hydrogens is 387 g/mol. The summed E-state index contributed by atoms with van der Waals surface area (Å²) < 4.78 is 20.1. The maximum atomic E-state index is 14.3. The zero-order chi connectivity index (χ0) is 21.4. The fourth-order valence-electron chi connectivity index (χ4n) is 3.96. The van der Waals surface area contributed by atoms with Crippen molar-refractivity contribution < 1.29 is 9.30 Å². The van der Waals surface area contributed by atoms with Crippen LogP contribution in [0.1, 0.15) is 19.4 Å². The number of rotatable bonds is 9. The van der Waals surface area contributed by atoms with E-state index < -0.39 is 7.14 Å². The van der Waals surface area contributed by atoms with Gasteiger partial charge in [0, 0.05) is 29.8 Å². The number of methoxy groups -OCH3 is 1. The van der Waals surface area contributed by atoms with Crippen molar-refractivity contribution in [1.82, 2.24) is 0 Å². The molecule has 0 fully saturated rings. The van der Waals surface area contributed by atoms with Gasteiger partial charge in [-0.2, -0.15) is 0 Å². The fraction of sp³-hybridized carbons (Fsp3) is 0.259. The minimum atomic E-state index is -2.75. The highest BCUT2D eigenvalue weighted by molar-refractivity contribution is 7.78. The molecule has 0 radical (unpaired) electrons. The Morgan fingerprint density at radius 1 is 0.867 bits per heavy atom. The molecule has 0 N–H and O–H groups in total. The Bertz CT molecular complexity index is 938. The van der Waals surface area contributed by atoms with Crippen LogP contribution in [-0.4, -0.2) is 19.4 Å². The maximum Gasteiger partial charge on any atom is 0.147 e. The average molecular weight is 419 g/mol. The molecule has 3 heteroatoms. The molecule has 0 amide bonds. The monoisotopic (exact) mass is 418 g/mol. The molecule has 156 valence electrons. The first kappa shape index (κ1) is 22.3. The highest BCUT2D eigenvalue weighted by Crippen LogP contribution is 2.45. The number of allylic oxidation sites excluding steroid dienone is 1. The molecule has 0 aliphatic rings. The standard InChI is InChI=1S/C27H31O2P/c1-22(19-23(2)27(29-3)20-24-13-7-4-8-14-24)21-30(28,25-15-9-5-10-16-25)26-17-11-6-12-18-26/h4-19,23,27H,20-21H2,1-3H3/b22-19+/t23-,27-/m0/s1. The Kier molecular flexibility index (Phi) is 7.85.